The van der Waals surface area contributed by atoms with Gasteiger partial charge in [0.05, 0.1) is 25.9 Å². The van der Waals surface area contributed by atoms with E-state index in [-0.39, 0.29) is 152 Å². The second-order valence-corrected chi connectivity index (χ2v) is 26.3. The summed E-state index contributed by atoms with van der Waals surface area (Å²) in [6, 6.07) is 0. The topological polar surface area (TPSA) is 396 Å². The maximum atomic E-state index is 13.0. The van der Waals surface area contributed by atoms with Gasteiger partial charge in [-0.25, -0.2) is 29.9 Å². The van der Waals surface area contributed by atoms with Gasteiger partial charge in [-0.3, -0.25) is 22.3 Å². The summed E-state index contributed by atoms with van der Waals surface area (Å²) < 4.78 is 71.2. The Morgan fingerprint density at radius 3 is 1.56 bits per heavy atom. The molecule has 2 saturated heterocycles. The molecule has 0 amide bonds. The van der Waals surface area contributed by atoms with Gasteiger partial charge in [-0.05, 0) is 12.8 Å². The van der Waals surface area contributed by atoms with Crippen molar-refractivity contribution in [2.24, 2.45) is 0 Å². The summed E-state index contributed by atoms with van der Waals surface area (Å²) in [5, 5.41) is 43.6. The van der Waals surface area contributed by atoms with Crippen LogP contribution in [0.25, 0.3) is 22.3 Å². The van der Waals surface area contributed by atoms with Crippen LogP contribution in [0.15, 0.2) is 23.0 Å². The molecule has 0 spiro atoms. The van der Waals surface area contributed by atoms with Crippen molar-refractivity contribution in [3.05, 3.63) is 12.7 Å². The normalized spacial score (nSPS) is 27.0. The maximum Gasteiger partial charge on any atom is 1.00 e. The van der Waals surface area contributed by atoms with Crippen LogP contribution >= 0.6 is 63.8 Å². The predicted octanol–water partition coefficient (Wildman–Crippen LogP) is -12.0. The second kappa shape index (κ2) is 27.1. The average molecular weight is 1140 g/mol. The van der Waals surface area contributed by atoms with Gasteiger partial charge in [-0.2, -0.15) is 0 Å². The van der Waals surface area contributed by atoms with Crippen molar-refractivity contribution in [1.82, 2.24) is 39.0 Å². The van der Waals surface area contributed by atoms with Crippen LogP contribution in [0.4, 0.5) is 11.6 Å². The van der Waals surface area contributed by atoms with Gasteiger partial charge in [-0.15, -0.1) is 11.6 Å². The van der Waals surface area contributed by atoms with Gasteiger partial charge in [0, 0.05) is 11.5 Å². The number of thioether (sulfide) groups is 2. The van der Waals surface area contributed by atoms with Crippen LogP contribution in [0.1, 0.15) is 39.1 Å². The molecule has 0 radical (unpaired) electrons. The van der Waals surface area contributed by atoms with E-state index in [1.165, 1.54) is 45.3 Å². The van der Waals surface area contributed by atoms with Crippen LogP contribution < -0.4 is 144 Å². The number of fused-ring (bicyclic) bond motifs is 2. The maximum absolute atomic E-state index is 13.0. The summed E-state index contributed by atoms with van der Waals surface area (Å²) in [4.78, 5) is 60.9. The molecule has 26 nitrogen and oxygen atoms in total. The predicted molar refractivity (Wildman–Crippen MR) is 222 cm³/mol. The van der Waals surface area contributed by atoms with Crippen LogP contribution in [0.3, 0.4) is 0 Å². The molecule has 2 fully saturated rings. The van der Waals surface area contributed by atoms with Crippen LogP contribution in [0.2, 0.25) is 0 Å². The van der Waals surface area contributed by atoms with Gasteiger partial charge in [0.25, 0.3) is 0 Å². The average Bonchev–Trinajstić information content (AvgIpc) is 3.95. The number of halogens is 1. The fourth-order valence-electron chi connectivity index (χ4n) is 5.82. The molecule has 0 bridgehead atoms. The molecule has 66 heavy (non-hydrogen) atoms. The quantitative estimate of drug-likeness (QED) is 0.0119. The summed E-state index contributed by atoms with van der Waals surface area (Å²) in [5.74, 6) is 1.41. The van der Waals surface area contributed by atoms with Crippen LogP contribution in [0.5, 0.6) is 0 Å². The minimum atomic E-state index is -6.15. The molecule has 4 aromatic rings. The molecule has 0 aromatic carbocycles. The van der Waals surface area contributed by atoms with Gasteiger partial charge in [0.2, 0.25) is 6.80 Å². The molecule has 2 aliphatic heterocycles. The summed E-state index contributed by atoms with van der Waals surface area (Å²) in [6.07, 6.45) is -8.68. The second-order valence-electron chi connectivity index (χ2n) is 13.3. The number of nitrogens with zero attached hydrogens (tertiary/aromatic N) is 8. The van der Waals surface area contributed by atoms with Crippen molar-refractivity contribution in [2.75, 3.05) is 36.2 Å². The van der Waals surface area contributed by atoms with Crippen LogP contribution in [-0.4, -0.2) is 126 Å². The monoisotopic (exact) mass is 1140 g/mol. The largest absolute Gasteiger partial charge is 1.00 e. The zero-order valence-electron chi connectivity index (χ0n) is 35.8. The van der Waals surface area contributed by atoms with Crippen molar-refractivity contribution in [1.29, 1.82) is 0 Å². The molecular formula is C27H37ClN10Na4O16P4S4. The Morgan fingerprint density at radius 2 is 1.15 bits per heavy atom. The van der Waals surface area contributed by atoms with E-state index >= 15 is 0 Å². The number of alkyl halides is 1. The van der Waals surface area contributed by atoms with E-state index in [0.29, 0.717) is 21.8 Å². The van der Waals surface area contributed by atoms with Gasteiger partial charge in [-0.1, -0.05) is 49.2 Å². The molecular weight excluding hydrogens is 1100 g/mol. The molecule has 6 heterocycles. The van der Waals surface area contributed by atoms with Crippen molar-refractivity contribution in [3.63, 3.8) is 0 Å². The molecule has 4 aromatic heterocycles. The summed E-state index contributed by atoms with van der Waals surface area (Å²) in [7, 11) is -12.3. The number of hydrogen-bond acceptors (Lipinski definition) is 28. The summed E-state index contributed by atoms with van der Waals surface area (Å²) >= 11 is 17.5. The summed E-state index contributed by atoms with van der Waals surface area (Å²) in [6.45, 7) is -8.59. The number of nitrogen functional groups attached to an aromatic ring is 2. The third-order valence-electron chi connectivity index (χ3n) is 8.69. The zero-order valence-corrected chi connectivity index (χ0v) is 51.4. The third kappa shape index (κ3) is 15.5. The van der Waals surface area contributed by atoms with Gasteiger partial charge in [0.15, 0.2) is 65.7 Å². The standard InChI is InChI=1S/C27H41ClN10O16P4S4.4Na/c1-3-5-61-26-33-19(29)13-21(35-26)37(9-31-13)23-17(41)15(39)11(51-23)7-49-57(47,59)53-55(43,44)25(28)56(45,46)54-58(48,60)50-8-12-16(40)18(42)24(52-12)38-10-32-14-20(30)34-27(36-22(14)38)62-6-4-2;;;;/h9-12,15-18,23-25,39-42H,3-8H2,1-2H3,(H,43,44)(H,45,46)(H,47,59)(H,48,60)(H2,29,33,35)(H2,30,34,36);;;;/q;4*+1/p-4/t11-,12-,15-,16-,17-,18-,23-,24-,25?,57?,58?;;;;/m1..../s1. The fourth-order valence-corrected chi connectivity index (χ4v) is 15.9. The van der Waals surface area contributed by atoms with Gasteiger partial charge in [0.1, 0.15) is 54.4 Å². The number of aliphatic hydroxyl groups is 4. The van der Waals surface area contributed by atoms with Crippen molar-refractivity contribution in [3.8, 4) is 0 Å². The number of anilines is 2. The first-order valence-electron chi connectivity index (χ1n) is 17.9. The third-order valence-corrected chi connectivity index (χ3v) is 21.2. The molecule has 5 unspecified atom stereocenters. The molecule has 13 atom stereocenters. The first-order chi connectivity index (χ1) is 29.0. The van der Waals surface area contributed by atoms with E-state index in [2.05, 4.69) is 62.6 Å². The van der Waals surface area contributed by atoms with Crippen LogP contribution in [0, 0.1) is 0 Å². The van der Waals surface area contributed by atoms with Crippen molar-refractivity contribution in [2.45, 2.75) is 90.9 Å². The number of ether oxygens (including phenoxy) is 2. The van der Waals surface area contributed by atoms with E-state index in [0.717, 1.165) is 12.8 Å². The van der Waals surface area contributed by atoms with E-state index in [1.807, 2.05) is 13.8 Å². The molecule has 6 rings (SSSR count). The van der Waals surface area contributed by atoms with E-state index < -0.39 is 95.9 Å². The number of hydrogen-bond donors (Lipinski definition) is 6. The Balaban J connectivity index is 0.00000374. The Bertz CT molecular complexity index is 2320. The zero-order chi connectivity index (χ0) is 45.5. The van der Waals surface area contributed by atoms with Gasteiger partial charge < -0.3 is 86.5 Å². The first-order valence-corrected chi connectivity index (χ1v) is 28.6. The number of nitrogens with two attached hydrogens (primary N) is 2. The number of aromatic nitrogens is 8. The van der Waals surface area contributed by atoms with Gasteiger partial charge >= 0.3 is 118 Å². The van der Waals surface area contributed by atoms with E-state index in [1.54, 1.807) is 0 Å². The van der Waals surface area contributed by atoms with E-state index in [4.69, 9.17) is 41.6 Å². The first kappa shape index (κ1) is 65.0. The van der Waals surface area contributed by atoms with Crippen molar-refractivity contribution < 1.29 is 194 Å². The minimum absolute atomic E-state index is 0. The van der Waals surface area contributed by atoms with Crippen molar-refractivity contribution >= 4 is 122 Å². The number of aliphatic hydroxyl groups excluding tert-OH is 4. The SMILES string of the molecule is CCCSc1nc(N)c2ncn([C@@H]3O[C@H](COP(=O)([S-])OP(=O)([O-])C(Cl)P(=O)([O-])OP([O-])(=S)OC[C@H]4O[C@@H](n5cnc6c(N)nc(SCCC)nc65)[C@H](O)[C@@H]4O)[C@@H](O)[C@H]3O)c2n1.[Na+].[Na+].[Na+].[Na+]. The molecule has 8 N–H and O–H groups in total. The Morgan fingerprint density at radius 1 is 0.758 bits per heavy atom. The molecule has 0 aliphatic carbocycles. The number of rotatable bonds is 20. The number of imidazole rings is 2. The Hall–Kier alpha value is 2.86. The molecule has 346 valence electrons. The Labute approximate surface area is 488 Å². The molecule has 39 heteroatoms. The summed E-state index contributed by atoms with van der Waals surface area (Å²) in [5.41, 5.74) is 12.6. The molecule has 0 saturated carbocycles. The fraction of sp³-hybridized carbons (Fsp3) is 0.630. The smallest absolute Gasteiger partial charge is 0.779 e. The molecule has 2 aliphatic rings. The Kier molecular flexibility index (Phi) is 26.6. The minimum Gasteiger partial charge on any atom is -0.779 e. The van der Waals surface area contributed by atoms with Crippen LogP contribution in [-0.2, 0) is 64.9 Å². The van der Waals surface area contributed by atoms with E-state index in [9.17, 15) is 48.8 Å².